The van der Waals surface area contributed by atoms with Crippen molar-refractivity contribution < 1.29 is 27.8 Å². The molecule has 3 amide bonds. The minimum absolute atomic E-state index is 0.0184. The van der Waals surface area contributed by atoms with E-state index in [0.29, 0.717) is 17.2 Å². The molecular weight excluding hydrogens is 432 g/mol. The number of benzene rings is 3. The van der Waals surface area contributed by atoms with Crippen molar-refractivity contribution in [1.29, 1.82) is 0 Å². The minimum Gasteiger partial charge on any atom is -0.497 e. The van der Waals surface area contributed by atoms with Crippen molar-refractivity contribution >= 4 is 17.6 Å². The largest absolute Gasteiger partial charge is 0.497 e. The van der Waals surface area contributed by atoms with Crippen LogP contribution in [0.1, 0.15) is 11.5 Å². The van der Waals surface area contributed by atoms with Crippen LogP contribution in [0, 0.1) is 11.6 Å². The van der Waals surface area contributed by atoms with Crippen molar-refractivity contribution in [3.05, 3.63) is 83.9 Å². The van der Waals surface area contributed by atoms with Crippen LogP contribution in [0.15, 0.2) is 66.7 Å². The number of hydrogen-bond donors (Lipinski definition) is 3. The highest BCUT2D eigenvalue weighted by Gasteiger charge is 2.40. The van der Waals surface area contributed by atoms with Crippen molar-refractivity contribution in [2.24, 2.45) is 0 Å². The third kappa shape index (κ3) is 5.03. The topological polar surface area (TPSA) is 88.7 Å². The lowest BCUT2D eigenvalue weighted by Crippen LogP contribution is -2.45. The molecule has 0 unspecified atom stereocenters. The number of ether oxygens (including phenoxy) is 2. The Balaban J connectivity index is 1.42. The van der Waals surface area contributed by atoms with Crippen LogP contribution in [0.4, 0.5) is 19.3 Å². The highest BCUT2D eigenvalue weighted by atomic mass is 19.1. The summed E-state index contributed by atoms with van der Waals surface area (Å²) in [5.41, 5.74) is 0.159. The number of hydrogen-bond acceptors (Lipinski definition) is 4. The van der Waals surface area contributed by atoms with E-state index in [-0.39, 0.29) is 17.9 Å². The summed E-state index contributed by atoms with van der Waals surface area (Å²) in [4.78, 5) is 24.8. The van der Waals surface area contributed by atoms with E-state index in [1.54, 1.807) is 24.3 Å². The van der Waals surface area contributed by atoms with Gasteiger partial charge >= 0.3 is 6.03 Å². The fourth-order valence-electron chi connectivity index (χ4n) is 3.63. The fourth-order valence-corrected chi connectivity index (χ4v) is 3.63. The summed E-state index contributed by atoms with van der Waals surface area (Å²) in [6.45, 7) is -0.0184. The van der Waals surface area contributed by atoms with E-state index in [1.165, 1.54) is 7.11 Å². The van der Waals surface area contributed by atoms with E-state index in [2.05, 4.69) is 16.0 Å². The van der Waals surface area contributed by atoms with Crippen molar-refractivity contribution in [3.63, 3.8) is 0 Å². The molecule has 1 aliphatic heterocycles. The van der Waals surface area contributed by atoms with Crippen LogP contribution in [0.25, 0.3) is 0 Å². The maximum absolute atomic E-state index is 14.5. The molecule has 3 aromatic rings. The monoisotopic (exact) mass is 453 g/mol. The summed E-state index contributed by atoms with van der Waals surface area (Å²) in [5, 5.41) is 7.65. The first-order valence-electron chi connectivity index (χ1n) is 10.2. The average molecular weight is 453 g/mol. The molecule has 2 atom stereocenters. The molecule has 4 rings (SSSR count). The molecule has 3 aromatic carbocycles. The van der Waals surface area contributed by atoms with Gasteiger partial charge in [-0.25, -0.2) is 13.6 Å². The number of amides is 3. The quantitative estimate of drug-likeness (QED) is 0.523. The Bertz CT molecular complexity index is 1130. The van der Waals surface area contributed by atoms with E-state index in [9.17, 15) is 18.4 Å². The van der Waals surface area contributed by atoms with E-state index in [0.717, 1.165) is 12.1 Å². The molecule has 0 radical (unpaired) electrons. The Morgan fingerprint density at radius 3 is 2.24 bits per heavy atom. The van der Waals surface area contributed by atoms with Crippen LogP contribution < -0.4 is 25.4 Å². The van der Waals surface area contributed by atoms with Crippen LogP contribution in [0.3, 0.4) is 0 Å². The summed E-state index contributed by atoms with van der Waals surface area (Å²) < 4.78 is 39.6. The molecule has 33 heavy (non-hydrogen) atoms. The number of para-hydroxylation sites is 1. The normalized spacial score (nSPS) is 17.2. The van der Waals surface area contributed by atoms with Gasteiger partial charge in [0.2, 0.25) is 5.91 Å². The number of carbonyl (C=O) groups excluding carboxylic acids is 2. The van der Waals surface area contributed by atoms with E-state index in [1.807, 2.05) is 30.3 Å². The van der Waals surface area contributed by atoms with Gasteiger partial charge in [-0.15, -0.1) is 0 Å². The molecule has 1 saturated heterocycles. The highest BCUT2D eigenvalue weighted by molar-refractivity contribution is 5.95. The zero-order valence-electron chi connectivity index (χ0n) is 17.6. The maximum Gasteiger partial charge on any atom is 0.319 e. The third-order valence-corrected chi connectivity index (χ3v) is 5.22. The molecule has 0 saturated carbocycles. The Morgan fingerprint density at radius 2 is 1.61 bits per heavy atom. The molecule has 0 spiro atoms. The predicted molar refractivity (Wildman–Crippen MR) is 118 cm³/mol. The molecule has 7 nitrogen and oxygen atoms in total. The van der Waals surface area contributed by atoms with Gasteiger partial charge < -0.3 is 25.4 Å². The molecule has 0 aliphatic carbocycles. The highest BCUT2D eigenvalue weighted by Crippen LogP contribution is 2.31. The molecule has 0 bridgehead atoms. The van der Waals surface area contributed by atoms with Crippen molar-refractivity contribution in [3.8, 4) is 17.2 Å². The van der Waals surface area contributed by atoms with Crippen LogP contribution in [-0.4, -0.2) is 31.6 Å². The van der Waals surface area contributed by atoms with Gasteiger partial charge in [-0.1, -0.05) is 18.2 Å². The Kier molecular flexibility index (Phi) is 6.39. The third-order valence-electron chi connectivity index (χ3n) is 5.22. The van der Waals surface area contributed by atoms with Crippen molar-refractivity contribution in [2.45, 2.75) is 12.0 Å². The molecule has 9 heteroatoms. The molecular formula is C24H21F2N3O4. The second-order valence-corrected chi connectivity index (χ2v) is 7.37. The van der Waals surface area contributed by atoms with Gasteiger partial charge in [-0.3, -0.25) is 4.79 Å². The Hall–Kier alpha value is -4.14. The van der Waals surface area contributed by atoms with Gasteiger partial charge in [-0.05, 0) is 36.4 Å². The lowest BCUT2D eigenvalue weighted by atomic mass is 9.93. The Labute approximate surface area is 188 Å². The molecule has 0 aromatic heterocycles. The summed E-state index contributed by atoms with van der Waals surface area (Å²) in [6.07, 6.45) is 0. The SMILES string of the molecule is COc1cc(F)c([C@@H]2CNC(=O)[C@H]2NC(=O)Nc2ccc(Oc3ccccc3)cc2)c(F)c1. The zero-order valence-corrected chi connectivity index (χ0v) is 17.6. The fraction of sp³-hybridized carbons (Fsp3) is 0.167. The number of methoxy groups -OCH3 is 1. The van der Waals surface area contributed by atoms with E-state index in [4.69, 9.17) is 9.47 Å². The number of nitrogens with one attached hydrogen (secondary N) is 3. The number of urea groups is 1. The molecule has 1 aliphatic rings. The van der Waals surface area contributed by atoms with Crippen LogP contribution >= 0.6 is 0 Å². The molecule has 3 N–H and O–H groups in total. The smallest absolute Gasteiger partial charge is 0.319 e. The first-order chi connectivity index (χ1) is 15.9. The van der Waals surface area contributed by atoms with Gasteiger partial charge in [0.25, 0.3) is 0 Å². The minimum atomic E-state index is -1.15. The summed E-state index contributed by atoms with van der Waals surface area (Å²) >= 11 is 0. The second-order valence-electron chi connectivity index (χ2n) is 7.37. The van der Waals surface area contributed by atoms with Crippen molar-refractivity contribution in [1.82, 2.24) is 10.6 Å². The van der Waals surface area contributed by atoms with Crippen molar-refractivity contribution in [2.75, 3.05) is 19.0 Å². The molecule has 170 valence electrons. The lowest BCUT2D eigenvalue weighted by Gasteiger charge is -2.20. The average Bonchev–Trinajstić information content (AvgIpc) is 3.15. The summed E-state index contributed by atoms with van der Waals surface area (Å²) in [7, 11) is 1.30. The van der Waals surface area contributed by atoms with Gasteiger partial charge in [0.15, 0.2) is 0 Å². The number of carbonyl (C=O) groups is 2. The predicted octanol–water partition coefficient (Wildman–Crippen LogP) is 4.17. The maximum atomic E-state index is 14.5. The van der Waals surface area contributed by atoms with Gasteiger partial charge in [0.05, 0.1) is 7.11 Å². The first-order valence-corrected chi connectivity index (χ1v) is 10.2. The zero-order chi connectivity index (χ0) is 23.4. The Morgan fingerprint density at radius 1 is 0.970 bits per heavy atom. The van der Waals surface area contributed by atoms with Crippen LogP contribution in [0.5, 0.6) is 17.2 Å². The number of rotatable bonds is 6. The summed E-state index contributed by atoms with van der Waals surface area (Å²) in [5.74, 6) is -1.88. The van der Waals surface area contributed by atoms with Gasteiger partial charge in [0, 0.05) is 35.8 Å². The summed E-state index contributed by atoms with van der Waals surface area (Å²) in [6, 6.07) is 16.1. The first kappa shape index (κ1) is 22.1. The molecule has 1 fully saturated rings. The van der Waals surface area contributed by atoms with Crippen LogP contribution in [-0.2, 0) is 4.79 Å². The van der Waals surface area contributed by atoms with Gasteiger partial charge in [0.1, 0.15) is 34.9 Å². The van der Waals surface area contributed by atoms with E-state index >= 15 is 0 Å². The van der Waals surface area contributed by atoms with Gasteiger partial charge in [-0.2, -0.15) is 0 Å². The lowest BCUT2D eigenvalue weighted by molar-refractivity contribution is -0.120. The number of anilines is 1. The number of halogens is 2. The van der Waals surface area contributed by atoms with Crippen LogP contribution in [0.2, 0.25) is 0 Å². The standard InChI is InChI=1S/C24H21F2N3O4/c1-32-17-11-19(25)21(20(26)12-17)18-13-27-23(30)22(18)29-24(31)28-14-7-9-16(10-8-14)33-15-5-3-2-4-6-15/h2-12,18,22H,13H2,1H3,(H,27,30)(H2,28,29,31)/t18-,22-/m0/s1. The molecule has 1 heterocycles. The second kappa shape index (κ2) is 9.56. The van der Waals surface area contributed by atoms with E-state index < -0.39 is 35.5 Å².